The zero-order valence-electron chi connectivity index (χ0n) is 13.3. The second kappa shape index (κ2) is 7.02. The molecule has 0 aromatic carbocycles. The molecule has 1 aliphatic rings. The maximum atomic E-state index is 12.1. The molecule has 0 unspecified atom stereocenters. The average Bonchev–Trinajstić information content (AvgIpc) is 2.73. The van der Waals surface area contributed by atoms with Crippen molar-refractivity contribution in [2.75, 3.05) is 26.2 Å². The van der Waals surface area contributed by atoms with Gasteiger partial charge in [0, 0.05) is 37.9 Å². The van der Waals surface area contributed by atoms with Crippen molar-refractivity contribution in [2.45, 2.75) is 51.9 Å². The van der Waals surface area contributed by atoms with E-state index in [1.54, 1.807) is 0 Å². The molecule has 1 aromatic heterocycles. The molecule has 1 N–H and O–H groups in total. The largest absolute Gasteiger partial charge is 0.341 e. The van der Waals surface area contributed by atoms with E-state index >= 15 is 0 Å². The summed E-state index contributed by atoms with van der Waals surface area (Å²) in [6.07, 6.45) is 3.01. The summed E-state index contributed by atoms with van der Waals surface area (Å²) in [6, 6.07) is 0. The van der Waals surface area contributed by atoms with Gasteiger partial charge in [0.05, 0.1) is 0 Å². The maximum absolute atomic E-state index is 12.1. The number of aryl methyl sites for hydroxylation is 1. The lowest BCUT2D eigenvalue weighted by atomic mass is 9.96. The van der Waals surface area contributed by atoms with Crippen LogP contribution in [-0.2, 0) is 16.6 Å². The third kappa shape index (κ3) is 4.81. The van der Waals surface area contributed by atoms with Gasteiger partial charge in [0.1, 0.15) is 0 Å². The van der Waals surface area contributed by atoms with Gasteiger partial charge in [0.15, 0.2) is 5.82 Å². The number of carbonyl (C=O) groups is 1. The molecule has 0 spiro atoms. The van der Waals surface area contributed by atoms with Crippen LogP contribution in [0.4, 0.5) is 0 Å². The number of hydrogen-bond acceptors (Lipinski definition) is 5. The molecule has 21 heavy (non-hydrogen) atoms. The summed E-state index contributed by atoms with van der Waals surface area (Å²) in [5.74, 6) is 1.59. The summed E-state index contributed by atoms with van der Waals surface area (Å²) in [5, 5.41) is 7.30. The second-order valence-electron chi connectivity index (χ2n) is 6.60. The lowest BCUT2D eigenvalue weighted by Crippen LogP contribution is -2.34. The molecule has 6 nitrogen and oxygen atoms in total. The zero-order valence-corrected chi connectivity index (χ0v) is 13.3. The van der Waals surface area contributed by atoms with E-state index < -0.39 is 0 Å². The van der Waals surface area contributed by atoms with Crippen molar-refractivity contribution in [1.29, 1.82) is 0 Å². The fraction of sp³-hybridized carbons (Fsp3) is 0.800. The Labute approximate surface area is 126 Å². The van der Waals surface area contributed by atoms with Crippen LogP contribution >= 0.6 is 0 Å². The fourth-order valence-corrected chi connectivity index (χ4v) is 2.31. The Balaban J connectivity index is 1.76. The number of carbonyl (C=O) groups excluding carboxylic acids is 1. The van der Waals surface area contributed by atoms with E-state index in [0.717, 1.165) is 44.8 Å². The molecule has 0 saturated carbocycles. The highest BCUT2D eigenvalue weighted by Gasteiger charge is 2.21. The zero-order chi connectivity index (χ0) is 15.3. The van der Waals surface area contributed by atoms with E-state index in [2.05, 4.69) is 36.2 Å². The van der Waals surface area contributed by atoms with Gasteiger partial charge in [-0.2, -0.15) is 4.98 Å². The molecule has 0 radical (unpaired) electrons. The lowest BCUT2D eigenvalue weighted by Gasteiger charge is -2.19. The molecule has 1 aromatic rings. The highest BCUT2D eigenvalue weighted by molar-refractivity contribution is 5.76. The van der Waals surface area contributed by atoms with Gasteiger partial charge in [-0.15, -0.1) is 0 Å². The summed E-state index contributed by atoms with van der Waals surface area (Å²) in [5.41, 5.74) is -0.101. The van der Waals surface area contributed by atoms with Crippen molar-refractivity contribution in [3.8, 4) is 0 Å². The van der Waals surface area contributed by atoms with Crippen LogP contribution < -0.4 is 5.32 Å². The molecule has 1 amide bonds. The molecular formula is C15H26N4O2. The monoisotopic (exact) mass is 294 g/mol. The summed E-state index contributed by atoms with van der Waals surface area (Å²) in [6.45, 7) is 9.73. The summed E-state index contributed by atoms with van der Waals surface area (Å²) in [4.78, 5) is 18.5. The van der Waals surface area contributed by atoms with E-state index in [1.165, 1.54) is 0 Å². The summed E-state index contributed by atoms with van der Waals surface area (Å²) >= 11 is 0. The van der Waals surface area contributed by atoms with Crippen molar-refractivity contribution < 1.29 is 9.32 Å². The third-order valence-corrected chi connectivity index (χ3v) is 3.61. The first-order valence-electron chi connectivity index (χ1n) is 7.78. The van der Waals surface area contributed by atoms with Crippen LogP contribution in [0, 0.1) is 0 Å². The van der Waals surface area contributed by atoms with Crippen LogP contribution in [-0.4, -0.2) is 47.1 Å². The Morgan fingerprint density at radius 3 is 2.86 bits per heavy atom. The predicted molar refractivity (Wildman–Crippen MR) is 80.0 cm³/mol. The van der Waals surface area contributed by atoms with Crippen LogP contribution in [0.5, 0.6) is 0 Å². The van der Waals surface area contributed by atoms with Gasteiger partial charge >= 0.3 is 0 Å². The smallest absolute Gasteiger partial charge is 0.226 e. The molecule has 6 heteroatoms. The van der Waals surface area contributed by atoms with E-state index in [9.17, 15) is 4.79 Å². The Kier molecular flexibility index (Phi) is 5.33. The SMILES string of the molecule is CC(C)(C)c1noc(CCCC(=O)N2CCCNCC2)n1. The van der Waals surface area contributed by atoms with E-state index in [0.29, 0.717) is 18.7 Å². The number of nitrogens with one attached hydrogen (secondary N) is 1. The highest BCUT2D eigenvalue weighted by atomic mass is 16.5. The van der Waals surface area contributed by atoms with Crippen LogP contribution in [0.15, 0.2) is 4.52 Å². The molecule has 2 heterocycles. The first-order chi connectivity index (χ1) is 9.97. The fourth-order valence-electron chi connectivity index (χ4n) is 2.31. The first kappa shape index (κ1) is 15.9. The van der Waals surface area contributed by atoms with Crippen LogP contribution in [0.25, 0.3) is 0 Å². The van der Waals surface area contributed by atoms with Crippen molar-refractivity contribution in [3.63, 3.8) is 0 Å². The molecular weight excluding hydrogens is 268 g/mol. The number of rotatable bonds is 4. The van der Waals surface area contributed by atoms with Crippen molar-refractivity contribution >= 4 is 5.91 Å². The second-order valence-corrected chi connectivity index (χ2v) is 6.60. The van der Waals surface area contributed by atoms with E-state index in [1.807, 2.05) is 4.90 Å². The Hall–Kier alpha value is -1.43. The van der Waals surface area contributed by atoms with Gasteiger partial charge in [-0.05, 0) is 19.4 Å². The van der Waals surface area contributed by atoms with Crippen molar-refractivity contribution in [1.82, 2.24) is 20.4 Å². The van der Waals surface area contributed by atoms with Gasteiger partial charge in [-0.1, -0.05) is 25.9 Å². The molecule has 118 valence electrons. The van der Waals surface area contributed by atoms with Crippen molar-refractivity contribution in [3.05, 3.63) is 11.7 Å². The van der Waals surface area contributed by atoms with E-state index in [-0.39, 0.29) is 11.3 Å². The molecule has 0 aliphatic carbocycles. The Morgan fingerprint density at radius 2 is 2.14 bits per heavy atom. The molecule has 0 atom stereocenters. The number of aromatic nitrogens is 2. The van der Waals surface area contributed by atoms with Crippen LogP contribution in [0.3, 0.4) is 0 Å². The highest BCUT2D eigenvalue weighted by Crippen LogP contribution is 2.19. The normalized spacial score (nSPS) is 16.8. The van der Waals surface area contributed by atoms with Gasteiger partial charge < -0.3 is 14.7 Å². The number of amides is 1. The minimum Gasteiger partial charge on any atom is -0.341 e. The summed E-state index contributed by atoms with van der Waals surface area (Å²) < 4.78 is 5.24. The maximum Gasteiger partial charge on any atom is 0.226 e. The quantitative estimate of drug-likeness (QED) is 0.911. The third-order valence-electron chi connectivity index (χ3n) is 3.61. The van der Waals surface area contributed by atoms with Gasteiger partial charge in [-0.3, -0.25) is 4.79 Å². The Bertz CT molecular complexity index is 456. The predicted octanol–water partition coefficient (Wildman–Crippen LogP) is 1.51. The van der Waals surface area contributed by atoms with Gasteiger partial charge in [-0.25, -0.2) is 0 Å². The van der Waals surface area contributed by atoms with E-state index in [4.69, 9.17) is 4.52 Å². The van der Waals surface area contributed by atoms with Crippen LogP contribution in [0.2, 0.25) is 0 Å². The minimum absolute atomic E-state index is 0.101. The van der Waals surface area contributed by atoms with Crippen molar-refractivity contribution in [2.24, 2.45) is 0 Å². The average molecular weight is 294 g/mol. The lowest BCUT2D eigenvalue weighted by molar-refractivity contribution is -0.131. The molecule has 1 fully saturated rings. The topological polar surface area (TPSA) is 71.3 Å². The van der Waals surface area contributed by atoms with Gasteiger partial charge in [0.2, 0.25) is 11.8 Å². The first-order valence-corrected chi connectivity index (χ1v) is 7.78. The molecule has 1 aliphatic heterocycles. The van der Waals surface area contributed by atoms with Gasteiger partial charge in [0.25, 0.3) is 0 Å². The van der Waals surface area contributed by atoms with Crippen LogP contribution in [0.1, 0.15) is 51.7 Å². The molecule has 2 rings (SSSR count). The Morgan fingerprint density at radius 1 is 1.33 bits per heavy atom. The number of hydrogen-bond donors (Lipinski definition) is 1. The molecule has 0 bridgehead atoms. The summed E-state index contributed by atoms with van der Waals surface area (Å²) in [7, 11) is 0. The molecule has 1 saturated heterocycles. The number of nitrogens with zero attached hydrogens (tertiary/aromatic N) is 3. The standard InChI is InChI=1S/C15H26N4O2/c1-15(2,3)14-17-12(21-18-14)6-4-7-13(20)19-10-5-8-16-9-11-19/h16H,4-11H2,1-3H3. The minimum atomic E-state index is -0.101.